The maximum atomic E-state index is 9.77. The Kier molecular flexibility index (Phi) is 5.08. The van der Waals surface area contributed by atoms with E-state index in [1.807, 2.05) is 84.9 Å². The van der Waals surface area contributed by atoms with Crippen LogP contribution in [0.5, 0.6) is 0 Å². The summed E-state index contributed by atoms with van der Waals surface area (Å²) < 4.78 is 67.7. The van der Waals surface area contributed by atoms with Gasteiger partial charge in [0.2, 0.25) is 0 Å². The largest absolute Gasteiger partial charge is 0.309 e. The Morgan fingerprint density at radius 1 is 0.360 bits per heavy atom. The maximum absolute atomic E-state index is 9.77. The molecule has 0 saturated carbocycles. The molecule has 0 saturated heterocycles. The van der Waals surface area contributed by atoms with Gasteiger partial charge in [-0.1, -0.05) is 133 Å². The van der Waals surface area contributed by atoms with Crippen LogP contribution in [0.1, 0.15) is 9.60 Å². The molecular formula is C48H32N2. The van der Waals surface area contributed by atoms with Crippen molar-refractivity contribution in [2.45, 2.75) is 0 Å². The minimum Gasteiger partial charge on any atom is -0.309 e. The Morgan fingerprint density at radius 3 is 1.66 bits per heavy atom. The van der Waals surface area contributed by atoms with E-state index in [0.717, 1.165) is 49.7 Å². The smallest absolute Gasteiger partial charge is 0.0645 e. The van der Waals surface area contributed by atoms with Crippen molar-refractivity contribution in [3.63, 3.8) is 0 Å². The summed E-state index contributed by atoms with van der Waals surface area (Å²) in [4.78, 5) is 0. The molecule has 0 fully saturated rings. The van der Waals surface area contributed by atoms with Gasteiger partial charge >= 0.3 is 0 Å². The molecule has 8 aromatic carbocycles. The summed E-state index contributed by atoms with van der Waals surface area (Å²) >= 11 is 0. The summed E-state index contributed by atoms with van der Waals surface area (Å²) in [5.74, 6) is 0. The minimum absolute atomic E-state index is 0.0711. The van der Waals surface area contributed by atoms with Gasteiger partial charge in [0.25, 0.3) is 0 Å². The van der Waals surface area contributed by atoms with E-state index in [2.05, 4.69) is 59.2 Å². The van der Waals surface area contributed by atoms with Gasteiger partial charge in [-0.2, -0.15) is 0 Å². The number of rotatable bonds is 5. The Labute approximate surface area is 300 Å². The molecule has 0 radical (unpaired) electrons. The minimum atomic E-state index is -0.415. The fourth-order valence-electron chi connectivity index (χ4n) is 7.27. The second kappa shape index (κ2) is 11.5. The molecule has 0 bridgehead atoms. The fraction of sp³-hybridized carbons (Fsp3) is 0. The van der Waals surface area contributed by atoms with Crippen LogP contribution in [0.25, 0.3) is 88.4 Å². The van der Waals surface area contributed by atoms with Crippen LogP contribution in [0.2, 0.25) is 0 Å². The predicted octanol–water partition coefficient (Wildman–Crippen LogP) is 12.9. The van der Waals surface area contributed by atoms with E-state index in [4.69, 9.17) is 5.48 Å². The van der Waals surface area contributed by atoms with Gasteiger partial charge in [-0.25, -0.2) is 0 Å². The topological polar surface area (TPSA) is 9.86 Å². The zero-order valence-corrected chi connectivity index (χ0v) is 26.8. The molecule has 2 heteroatoms. The molecule has 50 heavy (non-hydrogen) atoms. The van der Waals surface area contributed by atoms with Crippen LogP contribution >= 0.6 is 0 Å². The van der Waals surface area contributed by atoms with Crippen molar-refractivity contribution in [1.82, 2.24) is 9.13 Å². The zero-order valence-electron chi connectivity index (χ0n) is 33.8. The monoisotopic (exact) mass is 643 g/mol. The molecule has 0 amide bonds. The summed E-state index contributed by atoms with van der Waals surface area (Å²) in [5, 5.41) is 2.25. The normalized spacial score (nSPS) is 13.6. The molecule has 0 aliphatic heterocycles. The highest BCUT2D eigenvalue weighted by atomic mass is 15.0. The molecule has 0 unspecified atom stereocenters. The van der Waals surface area contributed by atoms with Crippen LogP contribution in [-0.4, -0.2) is 9.13 Å². The lowest BCUT2D eigenvalue weighted by molar-refractivity contribution is 1.18. The molecule has 0 spiro atoms. The standard InChI is InChI=1S/C48H32N2/c1-4-14-33(15-5-1)35-24-28-47-42(30-35)43-32-37(26-29-48(43)50(47)44-22-12-10-20-39(44)34-16-6-2-7-17-34)36-25-27-46-41(31-36)40-21-11-13-23-45(40)49(46)38-18-8-3-9-19-38/h1-32H/i11D,13D,21D,23D,25D,27D,31D. The van der Waals surface area contributed by atoms with Gasteiger partial charge in [0, 0.05) is 32.8 Å². The molecular weight excluding hydrogens is 605 g/mol. The van der Waals surface area contributed by atoms with E-state index in [1.165, 1.54) is 0 Å². The average Bonchev–Trinajstić information content (AvgIpc) is 3.79. The van der Waals surface area contributed by atoms with Gasteiger partial charge in [0.1, 0.15) is 0 Å². The van der Waals surface area contributed by atoms with E-state index in [-0.39, 0.29) is 57.6 Å². The van der Waals surface area contributed by atoms with Crippen molar-refractivity contribution >= 4 is 43.6 Å². The van der Waals surface area contributed by atoms with Crippen molar-refractivity contribution in [1.29, 1.82) is 0 Å². The van der Waals surface area contributed by atoms with Crippen molar-refractivity contribution < 1.29 is 9.60 Å². The number of hydrogen-bond acceptors (Lipinski definition) is 0. The van der Waals surface area contributed by atoms with Crippen molar-refractivity contribution in [2.75, 3.05) is 0 Å². The molecule has 0 aliphatic rings. The zero-order chi connectivity index (χ0) is 39.1. The highest BCUT2D eigenvalue weighted by molar-refractivity contribution is 6.13. The average molecular weight is 644 g/mol. The number of nitrogens with zero attached hydrogens (tertiary/aromatic N) is 2. The summed E-state index contributed by atoms with van der Waals surface area (Å²) in [7, 11) is 0. The van der Waals surface area contributed by atoms with Crippen LogP contribution < -0.4 is 0 Å². The van der Waals surface area contributed by atoms with Gasteiger partial charge in [-0.3, -0.25) is 0 Å². The van der Waals surface area contributed by atoms with Crippen LogP contribution in [0.4, 0.5) is 0 Å². The number of benzene rings is 8. The number of aromatic nitrogens is 2. The highest BCUT2D eigenvalue weighted by Gasteiger charge is 2.18. The molecule has 0 N–H and O–H groups in total. The fourth-order valence-corrected chi connectivity index (χ4v) is 7.27. The molecule has 2 aromatic heterocycles. The molecule has 234 valence electrons. The van der Waals surface area contributed by atoms with Gasteiger partial charge in [0.15, 0.2) is 0 Å². The van der Waals surface area contributed by atoms with E-state index in [1.54, 1.807) is 16.7 Å². The maximum Gasteiger partial charge on any atom is 0.0645 e. The lowest BCUT2D eigenvalue weighted by atomic mass is 9.99. The van der Waals surface area contributed by atoms with Gasteiger partial charge in [-0.05, 0) is 88.4 Å². The first-order valence-electron chi connectivity index (χ1n) is 20.1. The second-order valence-electron chi connectivity index (χ2n) is 12.4. The van der Waals surface area contributed by atoms with Crippen LogP contribution in [0.3, 0.4) is 0 Å². The van der Waals surface area contributed by atoms with Crippen LogP contribution in [0.15, 0.2) is 194 Å². The summed E-state index contributed by atoms with van der Waals surface area (Å²) in [6.45, 7) is 0. The Bertz CT molecular complexity index is 3240. The Morgan fingerprint density at radius 2 is 0.940 bits per heavy atom. The summed E-state index contributed by atoms with van der Waals surface area (Å²) in [6.07, 6.45) is 0. The number of para-hydroxylation sites is 3. The molecule has 2 nitrogen and oxygen atoms in total. The molecule has 10 aromatic rings. The van der Waals surface area contributed by atoms with Crippen LogP contribution in [-0.2, 0) is 0 Å². The third-order valence-corrected chi connectivity index (χ3v) is 9.56. The lowest BCUT2D eigenvalue weighted by Crippen LogP contribution is -1.97. The summed E-state index contributed by atoms with van der Waals surface area (Å²) in [6, 6.07) is 48.5. The van der Waals surface area contributed by atoms with Gasteiger partial charge in [0.05, 0.1) is 37.3 Å². The van der Waals surface area contributed by atoms with Gasteiger partial charge < -0.3 is 9.13 Å². The molecule has 0 atom stereocenters. The van der Waals surface area contributed by atoms with Crippen molar-refractivity contribution in [3.05, 3.63) is 194 Å². The predicted molar refractivity (Wildman–Crippen MR) is 211 cm³/mol. The van der Waals surface area contributed by atoms with Crippen LogP contribution in [0, 0.1) is 0 Å². The Hall–Kier alpha value is -6.64. The molecule has 10 rings (SSSR count). The van der Waals surface area contributed by atoms with Gasteiger partial charge in [-0.15, -0.1) is 0 Å². The first kappa shape index (κ1) is 22.1. The lowest BCUT2D eigenvalue weighted by Gasteiger charge is -2.14. The first-order valence-corrected chi connectivity index (χ1v) is 16.6. The quantitative estimate of drug-likeness (QED) is 0.177. The van der Waals surface area contributed by atoms with E-state index >= 15 is 0 Å². The highest BCUT2D eigenvalue weighted by Crippen LogP contribution is 2.41. The Balaban J connectivity index is 1.30. The SMILES string of the molecule is [2H]c1c([2H])c([2H])c2c(c1[2H])c1c([2H])c(-c3ccc4c(c3)c3cc(-c5ccccc5)ccc3n4-c3ccccc3-c3ccccc3)c([2H])c([2H])c1n2-c1ccccc1. The van der Waals surface area contributed by atoms with Crippen molar-refractivity contribution in [2.24, 2.45) is 0 Å². The third kappa shape index (κ3) is 4.50. The van der Waals surface area contributed by atoms with E-state index in [0.29, 0.717) is 11.3 Å². The number of hydrogen-bond donors (Lipinski definition) is 0. The third-order valence-electron chi connectivity index (χ3n) is 9.56. The van der Waals surface area contributed by atoms with E-state index < -0.39 is 12.1 Å². The molecule has 0 aliphatic carbocycles. The summed E-state index contributed by atoms with van der Waals surface area (Å²) in [5.41, 5.74) is 8.92. The second-order valence-corrected chi connectivity index (χ2v) is 12.4. The number of fused-ring (bicyclic) bond motifs is 6. The first-order chi connectivity index (χ1) is 27.7. The molecule has 2 heterocycles. The van der Waals surface area contributed by atoms with Crippen molar-refractivity contribution in [3.8, 4) is 44.8 Å². The van der Waals surface area contributed by atoms with E-state index in [9.17, 15) is 4.11 Å².